The minimum Gasteiger partial charge on any atom is -0.480 e. The Labute approximate surface area is 123 Å². The minimum absolute atomic E-state index is 0.250. The molecule has 1 fully saturated rings. The Hall–Kier alpha value is -1.91. The Balaban J connectivity index is 2.19. The fourth-order valence-electron chi connectivity index (χ4n) is 2.81. The Kier molecular flexibility index (Phi) is 4.60. The number of carboxylic acid groups (broad SMARTS) is 1. The quantitative estimate of drug-likeness (QED) is 0.932. The molecule has 0 radical (unpaired) electrons. The zero-order valence-corrected chi connectivity index (χ0v) is 12.3. The molecule has 3 unspecified atom stereocenters. The van der Waals surface area contributed by atoms with Crippen molar-refractivity contribution in [3.63, 3.8) is 0 Å². The van der Waals surface area contributed by atoms with Crippen LogP contribution in [0, 0.1) is 11.7 Å². The number of piperidine rings is 1. The summed E-state index contributed by atoms with van der Waals surface area (Å²) >= 11 is 0. The van der Waals surface area contributed by atoms with Gasteiger partial charge in [-0.3, -0.25) is 4.79 Å². The predicted molar refractivity (Wildman–Crippen MR) is 76.3 cm³/mol. The number of carbonyl (C=O) groups is 2. The van der Waals surface area contributed by atoms with Gasteiger partial charge in [0.15, 0.2) is 0 Å². The van der Waals surface area contributed by atoms with Crippen molar-refractivity contribution in [1.29, 1.82) is 0 Å². The van der Waals surface area contributed by atoms with Gasteiger partial charge < -0.3 is 10.0 Å². The van der Waals surface area contributed by atoms with Crippen molar-refractivity contribution in [3.05, 3.63) is 35.6 Å². The number of hydrogen-bond acceptors (Lipinski definition) is 2. The molecule has 1 aromatic rings. The molecule has 4 nitrogen and oxygen atoms in total. The summed E-state index contributed by atoms with van der Waals surface area (Å²) in [5.41, 5.74) is 0.572. The van der Waals surface area contributed by atoms with Crippen molar-refractivity contribution < 1.29 is 19.1 Å². The molecule has 1 saturated heterocycles. The molecular weight excluding hydrogens is 273 g/mol. The molecule has 1 aromatic carbocycles. The Morgan fingerprint density at radius 1 is 1.43 bits per heavy atom. The Morgan fingerprint density at radius 2 is 2.14 bits per heavy atom. The number of rotatable bonds is 3. The molecule has 1 heterocycles. The third kappa shape index (κ3) is 3.40. The molecular formula is C16H20FNO3. The predicted octanol–water partition coefficient (Wildman–Crippen LogP) is 2.64. The summed E-state index contributed by atoms with van der Waals surface area (Å²) in [6, 6.07) is 5.11. The van der Waals surface area contributed by atoms with Crippen LogP contribution in [-0.4, -0.2) is 34.5 Å². The lowest BCUT2D eigenvalue weighted by molar-refractivity contribution is -0.153. The lowest BCUT2D eigenvalue weighted by atomic mass is 9.90. The van der Waals surface area contributed by atoms with Crippen molar-refractivity contribution in [1.82, 2.24) is 4.90 Å². The Bertz CT molecular complexity index is 546. The summed E-state index contributed by atoms with van der Waals surface area (Å²) in [5.74, 6) is -1.87. The van der Waals surface area contributed by atoms with Crippen molar-refractivity contribution in [2.75, 3.05) is 6.54 Å². The standard InChI is InChI=1S/C16H20FNO3/c1-10-6-7-18(14(8-10)16(20)21)15(19)11(2)12-4-3-5-13(17)9-12/h3-5,9-11,14H,6-8H2,1-2H3,(H,20,21). The fourth-order valence-corrected chi connectivity index (χ4v) is 2.81. The van der Waals surface area contributed by atoms with Crippen LogP contribution in [0.4, 0.5) is 4.39 Å². The van der Waals surface area contributed by atoms with Crippen LogP contribution in [-0.2, 0) is 9.59 Å². The van der Waals surface area contributed by atoms with Gasteiger partial charge in [-0.25, -0.2) is 9.18 Å². The first-order valence-electron chi connectivity index (χ1n) is 7.19. The van der Waals surface area contributed by atoms with Crippen LogP contribution in [0.15, 0.2) is 24.3 Å². The molecule has 1 amide bonds. The largest absolute Gasteiger partial charge is 0.480 e. The van der Waals surface area contributed by atoms with Gasteiger partial charge in [0.1, 0.15) is 11.9 Å². The minimum atomic E-state index is -0.971. The highest BCUT2D eigenvalue weighted by molar-refractivity contribution is 5.88. The lowest BCUT2D eigenvalue weighted by Gasteiger charge is -2.37. The third-order valence-electron chi connectivity index (χ3n) is 4.15. The molecule has 1 aliphatic rings. The number of amides is 1. The molecule has 21 heavy (non-hydrogen) atoms. The van der Waals surface area contributed by atoms with E-state index in [1.54, 1.807) is 19.1 Å². The summed E-state index contributed by atoms with van der Waals surface area (Å²) < 4.78 is 13.3. The van der Waals surface area contributed by atoms with Crippen LogP contribution in [0.25, 0.3) is 0 Å². The maximum absolute atomic E-state index is 13.3. The third-order valence-corrected chi connectivity index (χ3v) is 4.15. The summed E-state index contributed by atoms with van der Waals surface area (Å²) in [7, 11) is 0. The maximum atomic E-state index is 13.3. The highest BCUT2D eigenvalue weighted by Gasteiger charge is 2.36. The first-order valence-corrected chi connectivity index (χ1v) is 7.19. The molecule has 1 N–H and O–H groups in total. The number of carbonyl (C=O) groups excluding carboxylic acids is 1. The highest BCUT2D eigenvalue weighted by atomic mass is 19.1. The maximum Gasteiger partial charge on any atom is 0.326 e. The second-order valence-corrected chi connectivity index (χ2v) is 5.79. The van der Waals surface area contributed by atoms with E-state index in [1.165, 1.54) is 17.0 Å². The highest BCUT2D eigenvalue weighted by Crippen LogP contribution is 2.27. The summed E-state index contributed by atoms with van der Waals surface area (Å²) in [5, 5.41) is 9.32. The normalized spacial score (nSPS) is 23.7. The molecule has 3 atom stereocenters. The monoisotopic (exact) mass is 293 g/mol. The smallest absolute Gasteiger partial charge is 0.326 e. The number of benzene rings is 1. The van der Waals surface area contributed by atoms with Gasteiger partial charge in [0, 0.05) is 6.54 Å². The average Bonchev–Trinajstić information content (AvgIpc) is 2.45. The zero-order valence-electron chi connectivity index (χ0n) is 12.3. The number of aliphatic carboxylic acids is 1. The van der Waals surface area contributed by atoms with Gasteiger partial charge in [0.05, 0.1) is 5.92 Å². The molecule has 114 valence electrons. The van der Waals surface area contributed by atoms with Gasteiger partial charge in [0.25, 0.3) is 0 Å². The molecule has 0 aliphatic carbocycles. The van der Waals surface area contributed by atoms with E-state index in [0.717, 1.165) is 6.42 Å². The van der Waals surface area contributed by atoms with Crippen LogP contribution in [0.2, 0.25) is 0 Å². The summed E-state index contributed by atoms with van der Waals surface area (Å²) in [6.45, 7) is 4.12. The van der Waals surface area contributed by atoms with E-state index in [0.29, 0.717) is 24.4 Å². The van der Waals surface area contributed by atoms with Crippen molar-refractivity contribution >= 4 is 11.9 Å². The van der Waals surface area contributed by atoms with E-state index in [-0.39, 0.29) is 5.91 Å². The van der Waals surface area contributed by atoms with E-state index in [1.807, 2.05) is 6.92 Å². The second kappa shape index (κ2) is 6.24. The second-order valence-electron chi connectivity index (χ2n) is 5.79. The number of halogens is 1. The fraction of sp³-hybridized carbons (Fsp3) is 0.500. The SMILES string of the molecule is CC1CCN(C(=O)C(C)c2cccc(F)c2)C(C(=O)O)C1. The van der Waals surface area contributed by atoms with Crippen LogP contribution in [0.3, 0.4) is 0 Å². The van der Waals surface area contributed by atoms with E-state index >= 15 is 0 Å². The molecule has 0 spiro atoms. The lowest BCUT2D eigenvalue weighted by Crippen LogP contribution is -2.51. The average molecular weight is 293 g/mol. The van der Waals surface area contributed by atoms with Crippen LogP contribution in [0.1, 0.15) is 38.2 Å². The van der Waals surface area contributed by atoms with Crippen LogP contribution >= 0.6 is 0 Å². The van der Waals surface area contributed by atoms with E-state index < -0.39 is 23.7 Å². The van der Waals surface area contributed by atoms with Crippen molar-refractivity contribution in [3.8, 4) is 0 Å². The summed E-state index contributed by atoms with van der Waals surface area (Å²) in [4.78, 5) is 25.4. The molecule has 1 aliphatic heterocycles. The van der Waals surface area contributed by atoms with Gasteiger partial charge in [-0.1, -0.05) is 19.1 Å². The molecule has 2 rings (SSSR count). The number of nitrogens with zero attached hydrogens (tertiary/aromatic N) is 1. The first-order chi connectivity index (χ1) is 9.90. The Morgan fingerprint density at radius 3 is 2.76 bits per heavy atom. The van der Waals surface area contributed by atoms with Crippen LogP contribution in [0.5, 0.6) is 0 Å². The topological polar surface area (TPSA) is 57.6 Å². The van der Waals surface area contributed by atoms with Gasteiger partial charge in [-0.05, 0) is 43.4 Å². The van der Waals surface area contributed by atoms with Gasteiger partial charge in [0.2, 0.25) is 5.91 Å². The number of carboxylic acids is 1. The molecule has 5 heteroatoms. The van der Waals surface area contributed by atoms with Crippen molar-refractivity contribution in [2.45, 2.75) is 38.6 Å². The number of likely N-dealkylation sites (tertiary alicyclic amines) is 1. The van der Waals surface area contributed by atoms with E-state index in [4.69, 9.17) is 0 Å². The van der Waals surface area contributed by atoms with E-state index in [2.05, 4.69) is 0 Å². The first kappa shape index (κ1) is 15.5. The molecule has 0 saturated carbocycles. The van der Waals surface area contributed by atoms with Crippen molar-refractivity contribution in [2.24, 2.45) is 5.92 Å². The van der Waals surface area contributed by atoms with Crippen LogP contribution < -0.4 is 0 Å². The summed E-state index contributed by atoms with van der Waals surface area (Å²) in [6.07, 6.45) is 1.27. The van der Waals surface area contributed by atoms with Gasteiger partial charge in [-0.15, -0.1) is 0 Å². The molecule has 0 bridgehead atoms. The molecule has 0 aromatic heterocycles. The zero-order chi connectivity index (χ0) is 15.6. The van der Waals surface area contributed by atoms with E-state index in [9.17, 15) is 19.1 Å². The number of hydrogen-bond donors (Lipinski definition) is 1. The van der Waals surface area contributed by atoms with Gasteiger partial charge >= 0.3 is 5.97 Å². The van der Waals surface area contributed by atoms with Gasteiger partial charge in [-0.2, -0.15) is 0 Å².